The summed E-state index contributed by atoms with van der Waals surface area (Å²) in [5.41, 5.74) is -0.249. The average molecular weight is 511 g/mol. The number of halogens is 4. The normalized spacial score (nSPS) is 11.7. The number of hydrogen-bond acceptors (Lipinski definition) is 4. The summed E-state index contributed by atoms with van der Waals surface area (Å²) in [4.78, 5) is 26.8. The summed E-state index contributed by atoms with van der Waals surface area (Å²) >= 11 is 6.07. The number of rotatable bonds is 5. The maximum Gasteiger partial charge on any atom is 0.418 e. The molecule has 0 fully saturated rings. The van der Waals surface area contributed by atoms with Gasteiger partial charge in [-0.3, -0.25) is 9.36 Å². The van der Waals surface area contributed by atoms with E-state index in [1.807, 2.05) is 6.07 Å². The van der Waals surface area contributed by atoms with E-state index < -0.39 is 22.5 Å². The summed E-state index contributed by atoms with van der Waals surface area (Å²) in [6.07, 6.45) is -3.24. The Balaban J connectivity index is 1.73. The molecule has 0 aliphatic heterocycles. The highest BCUT2D eigenvalue weighted by Crippen LogP contribution is 2.38. The molecule has 3 aromatic carbocycles. The second-order valence-corrected chi connectivity index (χ2v) is 8.42. The minimum absolute atomic E-state index is 0.0565. The van der Waals surface area contributed by atoms with Crippen molar-refractivity contribution < 1.29 is 18.0 Å². The second-order valence-electron chi connectivity index (χ2n) is 8.06. The first kappa shape index (κ1) is 23.6. The fourth-order valence-corrected chi connectivity index (χ4v) is 4.07. The minimum atomic E-state index is -4.75. The average Bonchev–Trinajstić information content (AvgIpc) is 3.26. The Hall–Kier alpha value is -4.11. The highest BCUT2D eigenvalue weighted by molar-refractivity contribution is 6.29. The zero-order chi connectivity index (χ0) is 25.4. The predicted octanol–water partition coefficient (Wildman–Crippen LogP) is 5.86. The summed E-state index contributed by atoms with van der Waals surface area (Å²) in [7, 11) is 0. The quantitative estimate of drug-likeness (QED) is 0.297. The lowest BCUT2D eigenvalue weighted by atomic mass is 10.1. The zero-order valence-electron chi connectivity index (χ0n) is 18.8. The zero-order valence-corrected chi connectivity index (χ0v) is 19.6. The summed E-state index contributed by atoms with van der Waals surface area (Å²) in [5.74, 6) is 0.331. The van der Waals surface area contributed by atoms with E-state index in [2.05, 4.69) is 9.97 Å². The lowest BCUT2D eigenvalue weighted by Crippen LogP contribution is -2.29. The molecule has 0 saturated carbocycles. The standard InChI is InChI=1S/C26H18ClF3N4O2/c1-16-14-33(24(31-16)18-10-6-3-7-11-18)21-13-20-22(12-19(21)26(28,29)30)34(25(35)23(27)32-20)36-15-17-8-4-2-5-9-17/h2-14H,15H2,1H3. The van der Waals surface area contributed by atoms with Crippen molar-refractivity contribution >= 4 is 22.6 Å². The molecule has 182 valence electrons. The number of hydrogen-bond donors (Lipinski definition) is 0. The van der Waals surface area contributed by atoms with Crippen LogP contribution in [-0.4, -0.2) is 19.3 Å². The molecule has 2 heterocycles. The van der Waals surface area contributed by atoms with Crippen LogP contribution in [0.5, 0.6) is 0 Å². The smallest absolute Gasteiger partial charge is 0.405 e. The molecule has 0 spiro atoms. The van der Waals surface area contributed by atoms with Crippen LogP contribution in [0.15, 0.2) is 83.8 Å². The van der Waals surface area contributed by atoms with Crippen LogP contribution in [-0.2, 0) is 12.8 Å². The van der Waals surface area contributed by atoms with Gasteiger partial charge in [0.1, 0.15) is 17.9 Å². The maximum absolute atomic E-state index is 14.4. The molecule has 36 heavy (non-hydrogen) atoms. The van der Waals surface area contributed by atoms with Gasteiger partial charge in [-0.2, -0.15) is 13.2 Å². The maximum atomic E-state index is 14.4. The molecular weight excluding hydrogens is 493 g/mol. The van der Waals surface area contributed by atoms with Gasteiger partial charge in [-0.25, -0.2) is 9.97 Å². The van der Waals surface area contributed by atoms with E-state index >= 15 is 0 Å². The molecule has 6 nitrogen and oxygen atoms in total. The Morgan fingerprint density at radius 2 is 1.64 bits per heavy atom. The summed E-state index contributed by atoms with van der Waals surface area (Å²) in [6.45, 7) is 1.64. The van der Waals surface area contributed by atoms with Gasteiger partial charge in [0.25, 0.3) is 0 Å². The van der Waals surface area contributed by atoms with E-state index in [1.165, 1.54) is 16.8 Å². The van der Waals surface area contributed by atoms with Gasteiger partial charge in [-0.05, 0) is 24.6 Å². The molecule has 10 heteroatoms. The summed E-state index contributed by atoms with van der Waals surface area (Å²) in [5, 5.41) is -0.425. The number of imidazole rings is 1. The van der Waals surface area contributed by atoms with Gasteiger partial charge in [-0.15, -0.1) is 4.73 Å². The highest BCUT2D eigenvalue weighted by Gasteiger charge is 2.36. The van der Waals surface area contributed by atoms with Gasteiger partial charge in [0.15, 0.2) is 5.15 Å². The fraction of sp³-hybridized carbons (Fsp3) is 0.115. The number of fused-ring (bicyclic) bond motifs is 1. The largest absolute Gasteiger partial charge is 0.418 e. The van der Waals surface area contributed by atoms with Gasteiger partial charge in [0, 0.05) is 11.8 Å². The van der Waals surface area contributed by atoms with Crippen molar-refractivity contribution in [2.45, 2.75) is 19.7 Å². The Kier molecular flexibility index (Phi) is 6.01. The molecule has 0 bridgehead atoms. The number of nitrogens with zero attached hydrogens (tertiary/aromatic N) is 4. The van der Waals surface area contributed by atoms with Crippen LogP contribution < -0.4 is 10.4 Å². The third-order valence-electron chi connectivity index (χ3n) is 5.52. The van der Waals surface area contributed by atoms with E-state index in [-0.39, 0.29) is 23.3 Å². The van der Waals surface area contributed by atoms with Crippen molar-refractivity contribution in [2.24, 2.45) is 0 Å². The van der Waals surface area contributed by atoms with Crippen molar-refractivity contribution in [1.82, 2.24) is 19.3 Å². The Morgan fingerprint density at radius 1 is 0.972 bits per heavy atom. The van der Waals surface area contributed by atoms with Crippen molar-refractivity contribution in [2.75, 3.05) is 0 Å². The van der Waals surface area contributed by atoms with E-state index in [9.17, 15) is 18.0 Å². The van der Waals surface area contributed by atoms with Crippen molar-refractivity contribution in [3.8, 4) is 17.1 Å². The topological polar surface area (TPSA) is 61.9 Å². The Bertz CT molecular complexity index is 1610. The summed E-state index contributed by atoms with van der Waals surface area (Å²) < 4.78 is 45.2. The van der Waals surface area contributed by atoms with E-state index in [0.29, 0.717) is 17.1 Å². The van der Waals surface area contributed by atoms with Gasteiger partial charge in [0.2, 0.25) is 0 Å². The number of benzene rings is 3. The lowest BCUT2D eigenvalue weighted by Gasteiger charge is -2.18. The van der Waals surface area contributed by atoms with Crippen LogP contribution in [0.3, 0.4) is 0 Å². The number of aromatic nitrogens is 4. The number of aryl methyl sites for hydroxylation is 1. The Labute approximate surface area is 208 Å². The first-order valence-electron chi connectivity index (χ1n) is 10.8. The lowest BCUT2D eigenvalue weighted by molar-refractivity contribution is -0.137. The molecule has 0 N–H and O–H groups in total. The highest BCUT2D eigenvalue weighted by atomic mass is 35.5. The monoisotopic (exact) mass is 510 g/mol. The van der Waals surface area contributed by atoms with Crippen molar-refractivity contribution in [3.05, 3.63) is 111 Å². The van der Waals surface area contributed by atoms with Gasteiger partial charge >= 0.3 is 11.7 Å². The van der Waals surface area contributed by atoms with Gasteiger partial charge < -0.3 is 4.84 Å². The van der Waals surface area contributed by atoms with Crippen LogP contribution in [0, 0.1) is 6.92 Å². The van der Waals surface area contributed by atoms with Crippen LogP contribution >= 0.6 is 11.6 Å². The second kappa shape index (κ2) is 9.16. The third kappa shape index (κ3) is 4.45. The molecule has 0 atom stereocenters. The van der Waals surface area contributed by atoms with Crippen molar-refractivity contribution in [1.29, 1.82) is 0 Å². The molecular formula is C26H18ClF3N4O2. The van der Waals surface area contributed by atoms with Crippen LogP contribution in [0.4, 0.5) is 13.2 Å². The fourth-order valence-electron chi connectivity index (χ4n) is 3.90. The molecule has 0 amide bonds. The van der Waals surface area contributed by atoms with Gasteiger partial charge in [-0.1, -0.05) is 72.3 Å². The van der Waals surface area contributed by atoms with Crippen molar-refractivity contribution in [3.63, 3.8) is 0 Å². The van der Waals surface area contributed by atoms with Gasteiger partial charge in [0.05, 0.1) is 22.5 Å². The SMILES string of the molecule is Cc1cn(-c2cc3nc(Cl)c(=O)n(OCc4ccccc4)c3cc2C(F)(F)F)c(-c2ccccc2)n1. The van der Waals surface area contributed by atoms with E-state index in [0.717, 1.165) is 16.4 Å². The third-order valence-corrected chi connectivity index (χ3v) is 5.76. The summed E-state index contributed by atoms with van der Waals surface area (Å²) in [6, 6.07) is 19.9. The number of alkyl halides is 3. The van der Waals surface area contributed by atoms with E-state index in [4.69, 9.17) is 16.4 Å². The molecule has 0 aliphatic rings. The first-order valence-corrected chi connectivity index (χ1v) is 11.2. The first-order chi connectivity index (χ1) is 17.2. The molecule has 5 rings (SSSR count). The molecule has 0 saturated heterocycles. The molecule has 5 aromatic rings. The molecule has 0 unspecified atom stereocenters. The van der Waals surface area contributed by atoms with E-state index in [1.54, 1.807) is 61.5 Å². The molecule has 0 aliphatic carbocycles. The predicted molar refractivity (Wildman–Crippen MR) is 130 cm³/mol. The van der Waals surface area contributed by atoms with Crippen LogP contribution in [0.2, 0.25) is 5.15 Å². The molecule has 2 aromatic heterocycles. The Morgan fingerprint density at radius 3 is 2.31 bits per heavy atom. The molecule has 0 radical (unpaired) electrons. The minimum Gasteiger partial charge on any atom is -0.405 e. The van der Waals surface area contributed by atoms with Crippen LogP contribution in [0.1, 0.15) is 16.8 Å². The van der Waals surface area contributed by atoms with Crippen LogP contribution in [0.25, 0.3) is 28.1 Å².